The maximum atomic E-state index is 14.4. The van der Waals surface area contributed by atoms with Crippen LogP contribution in [0, 0.1) is 17.0 Å². The lowest BCUT2D eigenvalue weighted by molar-refractivity contribution is 0.0582. The van der Waals surface area contributed by atoms with E-state index in [9.17, 15) is 8.78 Å². The highest BCUT2D eigenvalue weighted by molar-refractivity contribution is 6.30. The van der Waals surface area contributed by atoms with Crippen LogP contribution in [0.3, 0.4) is 0 Å². The van der Waals surface area contributed by atoms with Crippen LogP contribution in [0.1, 0.15) is 48.8 Å². The topological polar surface area (TPSA) is 46.4 Å². The van der Waals surface area contributed by atoms with Crippen molar-refractivity contribution in [2.75, 3.05) is 25.1 Å². The molecular weight excluding hydrogens is 472 g/mol. The predicted molar refractivity (Wildman–Crippen MR) is 128 cm³/mol. The van der Waals surface area contributed by atoms with Gasteiger partial charge in [0.15, 0.2) is 17.4 Å². The Labute approximate surface area is 207 Å². The first kappa shape index (κ1) is 21.6. The standard InChI is InChI=1S/C26H26ClF2N5O/c1-35-23-8-22(19(28)7-20(23)29)33-13-26(14-33)9-16(10-26)25-31-30-24-12-32(18-3-4-18)11-15-6-17(27)2-5-21(15)34(24)25/h2,5-8,16,18H,3-4,9-14H2,1H3. The van der Waals surface area contributed by atoms with Gasteiger partial charge in [0.05, 0.1) is 25.0 Å². The van der Waals surface area contributed by atoms with Crippen LogP contribution in [0.5, 0.6) is 5.75 Å². The number of fused-ring (bicyclic) bond motifs is 3. The smallest absolute Gasteiger partial charge is 0.168 e. The summed E-state index contributed by atoms with van der Waals surface area (Å²) in [6, 6.07) is 9.09. The average molecular weight is 498 g/mol. The Morgan fingerprint density at radius 1 is 1.00 bits per heavy atom. The van der Waals surface area contributed by atoms with Crippen LogP contribution < -0.4 is 9.64 Å². The van der Waals surface area contributed by atoms with Gasteiger partial charge in [-0.25, -0.2) is 8.78 Å². The van der Waals surface area contributed by atoms with Crippen LogP contribution in [0.4, 0.5) is 14.5 Å². The lowest BCUT2D eigenvalue weighted by Crippen LogP contribution is -2.62. The largest absolute Gasteiger partial charge is 0.494 e. The zero-order valence-electron chi connectivity index (χ0n) is 19.5. The summed E-state index contributed by atoms with van der Waals surface area (Å²) in [4.78, 5) is 4.46. The Morgan fingerprint density at radius 3 is 2.54 bits per heavy atom. The van der Waals surface area contributed by atoms with E-state index in [4.69, 9.17) is 16.3 Å². The number of aromatic nitrogens is 3. The van der Waals surface area contributed by atoms with Crippen LogP contribution in [0.15, 0.2) is 30.3 Å². The van der Waals surface area contributed by atoms with Gasteiger partial charge in [-0.2, -0.15) is 0 Å². The summed E-state index contributed by atoms with van der Waals surface area (Å²) >= 11 is 6.36. The van der Waals surface area contributed by atoms with Crippen molar-refractivity contribution in [2.24, 2.45) is 5.41 Å². The second-order valence-corrected chi connectivity index (χ2v) is 11.1. The van der Waals surface area contributed by atoms with E-state index in [1.54, 1.807) is 0 Å². The molecule has 3 aromatic rings. The van der Waals surface area contributed by atoms with Gasteiger partial charge in [-0.15, -0.1) is 10.2 Å². The van der Waals surface area contributed by atoms with E-state index < -0.39 is 11.6 Å². The summed E-state index contributed by atoms with van der Waals surface area (Å²) in [7, 11) is 1.39. The molecular formula is C26H26ClF2N5O. The van der Waals surface area contributed by atoms with Crippen molar-refractivity contribution in [3.05, 3.63) is 64.2 Å². The first-order valence-corrected chi connectivity index (χ1v) is 12.6. The monoisotopic (exact) mass is 497 g/mol. The van der Waals surface area contributed by atoms with Gasteiger partial charge < -0.3 is 9.64 Å². The highest BCUT2D eigenvalue weighted by Gasteiger charge is 2.54. The normalized spacial score (nSPS) is 21.2. The van der Waals surface area contributed by atoms with Crippen molar-refractivity contribution < 1.29 is 13.5 Å². The molecule has 0 radical (unpaired) electrons. The molecule has 0 atom stereocenters. The number of nitrogens with zero attached hydrogens (tertiary/aromatic N) is 5. The third kappa shape index (κ3) is 3.44. The molecule has 2 aromatic carbocycles. The van der Waals surface area contributed by atoms with E-state index in [0.717, 1.165) is 67.4 Å². The summed E-state index contributed by atoms with van der Waals surface area (Å²) in [5.74, 6) is 1.15. The first-order chi connectivity index (χ1) is 16.9. The molecule has 7 rings (SSSR count). The fraction of sp³-hybridized carbons (Fsp3) is 0.462. The van der Waals surface area contributed by atoms with Gasteiger partial charge in [0.1, 0.15) is 11.6 Å². The zero-order chi connectivity index (χ0) is 23.9. The summed E-state index contributed by atoms with van der Waals surface area (Å²) < 4.78 is 35.5. The van der Waals surface area contributed by atoms with Crippen molar-refractivity contribution >= 4 is 17.3 Å². The van der Waals surface area contributed by atoms with Gasteiger partial charge in [-0.1, -0.05) is 11.6 Å². The Bertz CT molecular complexity index is 1330. The minimum atomic E-state index is -0.679. The first-order valence-electron chi connectivity index (χ1n) is 12.2. The Kier molecular flexibility index (Phi) is 4.71. The Hall–Kier alpha value is -2.71. The molecule has 3 fully saturated rings. The molecule has 6 nitrogen and oxygen atoms in total. The highest BCUT2D eigenvalue weighted by atomic mass is 35.5. The number of hydrogen-bond donors (Lipinski definition) is 0. The van der Waals surface area contributed by atoms with Crippen LogP contribution in [-0.4, -0.2) is 45.9 Å². The Balaban J connectivity index is 1.12. The van der Waals surface area contributed by atoms with Crippen molar-refractivity contribution in [3.8, 4) is 11.4 Å². The van der Waals surface area contributed by atoms with Gasteiger partial charge in [0.25, 0.3) is 0 Å². The van der Waals surface area contributed by atoms with Gasteiger partial charge in [0, 0.05) is 54.2 Å². The molecule has 0 N–H and O–H groups in total. The number of halogens is 3. The molecule has 35 heavy (non-hydrogen) atoms. The predicted octanol–water partition coefficient (Wildman–Crippen LogP) is 5.07. The maximum absolute atomic E-state index is 14.4. The molecule has 1 spiro atoms. The van der Waals surface area contributed by atoms with Crippen molar-refractivity contribution in [1.29, 1.82) is 0 Å². The van der Waals surface area contributed by atoms with E-state index >= 15 is 0 Å². The average Bonchev–Trinajstić information content (AvgIpc) is 3.56. The van der Waals surface area contributed by atoms with Crippen molar-refractivity contribution in [2.45, 2.75) is 50.7 Å². The summed E-state index contributed by atoms with van der Waals surface area (Å²) in [5.41, 5.74) is 2.89. The number of ether oxygens (including phenoxy) is 1. The SMILES string of the molecule is COc1cc(N2CC3(CC(c4nnc5n4-c4ccc(Cl)cc4CN(C4CC4)C5)C3)C2)c(F)cc1F. The second kappa shape index (κ2) is 7.64. The molecule has 0 amide bonds. The van der Waals surface area contributed by atoms with Crippen LogP contribution in [-0.2, 0) is 13.1 Å². The summed E-state index contributed by atoms with van der Waals surface area (Å²) in [6.45, 7) is 3.16. The Morgan fingerprint density at radius 2 is 1.80 bits per heavy atom. The van der Waals surface area contributed by atoms with Gasteiger partial charge in [-0.3, -0.25) is 9.47 Å². The van der Waals surface area contributed by atoms with E-state index in [1.807, 2.05) is 11.0 Å². The summed E-state index contributed by atoms with van der Waals surface area (Å²) in [5, 5.41) is 10.0. The van der Waals surface area contributed by atoms with Gasteiger partial charge in [-0.05, 0) is 49.4 Å². The molecule has 182 valence electrons. The molecule has 1 saturated heterocycles. The van der Waals surface area contributed by atoms with E-state index in [0.29, 0.717) is 17.6 Å². The molecule has 0 bridgehead atoms. The molecule has 2 saturated carbocycles. The number of anilines is 1. The van der Waals surface area contributed by atoms with Crippen molar-refractivity contribution in [1.82, 2.24) is 19.7 Å². The molecule has 0 unspecified atom stereocenters. The lowest BCUT2D eigenvalue weighted by Gasteiger charge is -2.59. The van der Waals surface area contributed by atoms with Crippen LogP contribution in [0.25, 0.3) is 5.69 Å². The zero-order valence-corrected chi connectivity index (χ0v) is 20.2. The quantitative estimate of drug-likeness (QED) is 0.503. The molecule has 3 heterocycles. The number of hydrogen-bond acceptors (Lipinski definition) is 5. The molecule has 9 heteroatoms. The van der Waals surface area contributed by atoms with Gasteiger partial charge >= 0.3 is 0 Å². The fourth-order valence-electron chi connectivity index (χ4n) is 6.29. The maximum Gasteiger partial charge on any atom is 0.168 e. The molecule has 2 aliphatic carbocycles. The van der Waals surface area contributed by atoms with E-state index in [1.165, 1.54) is 31.6 Å². The second-order valence-electron chi connectivity index (χ2n) is 10.6. The van der Waals surface area contributed by atoms with E-state index in [-0.39, 0.29) is 11.2 Å². The molecule has 4 aliphatic rings. The summed E-state index contributed by atoms with van der Waals surface area (Å²) in [6.07, 6.45) is 4.44. The third-order valence-electron chi connectivity index (χ3n) is 8.16. The number of benzene rings is 2. The lowest BCUT2D eigenvalue weighted by atomic mass is 9.57. The van der Waals surface area contributed by atoms with Crippen LogP contribution in [0.2, 0.25) is 5.02 Å². The molecule has 1 aromatic heterocycles. The fourth-order valence-corrected chi connectivity index (χ4v) is 6.48. The number of rotatable bonds is 4. The highest BCUT2D eigenvalue weighted by Crippen LogP contribution is 2.57. The van der Waals surface area contributed by atoms with Gasteiger partial charge in [0.2, 0.25) is 0 Å². The number of methoxy groups -OCH3 is 1. The van der Waals surface area contributed by atoms with Crippen LogP contribution >= 0.6 is 11.6 Å². The minimum Gasteiger partial charge on any atom is -0.494 e. The van der Waals surface area contributed by atoms with Crippen molar-refractivity contribution in [3.63, 3.8) is 0 Å². The van der Waals surface area contributed by atoms with E-state index in [2.05, 4.69) is 31.8 Å². The molecule has 2 aliphatic heterocycles. The minimum absolute atomic E-state index is 0.0685. The third-order valence-corrected chi connectivity index (χ3v) is 8.39.